The molecule has 4 rings (SSSR count). The zero-order valence-electron chi connectivity index (χ0n) is 14.7. The third-order valence-corrected chi connectivity index (χ3v) is 4.39. The van der Waals surface area contributed by atoms with E-state index in [4.69, 9.17) is 9.47 Å². The molecule has 6 nitrogen and oxygen atoms in total. The monoisotopic (exact) mass is 362 g/mol. The fraction of sp³-hybridized carbons (Fsp3) is 0.143. The van der Waals surface area contributed by atoms with E-state index in [2.05, 4.69) is 10.5 Å². The molecule has 6 heteroatoms. The Morgan fingerprint density at radius 1 is 1.00 bits per heavy atom. The quantitative estimate of drug-likeness (QED) is 0.552. The van der Waals surface area contributed by atoms with Crippen molar-refractivity contribution in [1.82, 2.24) is 5.43 Å². The van der Waals surface area contributed by atoms with Gasteiger partial charge < -0.3 is 14.6 Å². The lowest BCUT2D eigenvalue weighted by atomic mass is 10.1. The molecule has 0 saturated heterocycles. The molecule has 2 N–H and O–H groups in total. The predicted molar refractivity (Wildman–Crippen MR) is 103 cm³/mol. The number of benzene rings is 3. The average Bonchev–Trinajstić information content (AvgIpc) is 2.70. The summed E-state index contributed by atoms with van der Waals surface area (Å²) in [6.07, 6.45) is 0. The summed E-state index contributed by atoms with van der Waals surface area (Å²) in [5.41, 5.74) is 4.09. The zero-order valence-corrected chi connectivity index (χ0v) is 14.7. The van der Waals surface area contributed by atoms with Gasteiger partial charge in [0, 0.05) is 5.56 Å². The Bertz CT molecular complexity index is 1060. The number of fused-ring (bicyclic) bond motifs is 2. The summed E-state index contributed by atoms with van der Waals surface area (Å²) in [4.78, 5) is 12.5. The summed E-state index contributed by atoms with van der Waals surface area (Å²) < 4.78 is 11.1. The number of rotatable bonds is 3. The molecule has 0 bridgehead atoms. The fourth-order valence-corrected chi connectivity index (χ4v) is 2.94. The molecule has 136 valence electrons. The second-order valence-corrected chi connectivity index (χ2v) is 6.21. The van der Waals surface area contributed by atoms with Crippen LogP contribution in [0.4, 0.5) is 0 Å². The van der Waals surface area contributed by atoms with Gasteiger partial charge >= 0.3 is 0 Å². The van der Waals surface area contributed by atoms with Crippen molar-refractivity contribution in [3.8, 4) is 17.2 Å². The molecule has 0 radical (unpaired) electrons. The van der Waals surface area contributed by atoms with E-state index in [0.29, 0.717) is 30.4 Å². The normalized spacial score (nSPS) is 13.4. The van der Waals surface area contributed by atoms with Crippen LogP contribution in [-0.4, -0.2) is 29.9 Å². The smallest absolute Gasteiger partial charge is 0.275 e. The second-order valence-electron chi connectivity index (χ2n) is 6.21. The van der Waals surface area contributed by atoms with Gasteiger partial charge in [-0.1, -0.05) is 24.3 Å². The Morgan fingerprint density at radius 2 is 1.70 bits per heavy atom. The Labute approximate surface area is 156 Å². The minimum atomic E-state index is -0.477. The number of phenols is 1. The molecule has 3 aromatic rings. The van der Waals surface area contributed by atoms with E-state index in [1.54, 1.807) is 19.1 Å². The first-order valence-electron chi connectivity index (χ1n) is 8.58. The molecule has 1 aliphatic rings. The maximum atomic E-state index is 12.5. The largest absolute Gasteiger partial charge is 0.507 e. The number of aromatic hydroxyl groups is 1. The molecule has 27 heavy (non-hydrogen) atoms. The van der Waals surface area contributed by atoms with Gasteiger partial charge in [0.1, 0.15) is 19.0 Å². The summed E-state index contributed by atoms with van der Waals surface area (Å²) in [6.45, 7) is 2.82. The minimum absolute atomic E-state index is 0.0848. The number of hydrogen-bond acceptors (Lipinski definition) is 5. The van der Waals surface area contributed by atoms with Crippen LogP contribution in [0.1, 0.15) is 22.8 Å². The highest BCUT2D eigenvalue weighted by Gasteiger charge is 2.14. The maximum absolute atomic E-state index is 12.5. The van der Waals surface area contributed by atoms with Crippen LogP contribution in [0.15, 0.2) is 59.7 Å². The number of nitrogens with one attached hydrogen (secondary N) is 1. The number of phenolic OH excluding ortho intramolecular Hbond substituents is 1. The number of carbonyl (C=O) groups is 1. The molecule has 1 heterocycles. The van der Waals surface area contributed by atoms with Crippen LogP contribution in [0.3, 0.4) is 0 Å². The van der Waals surface area contributed by atoms with Crippen molar-refractivity contribution in [2.24, 2.45) is 5.10 Å². The third-order valence-electron chi connectivity index (χ3n) is 4.39. The lowest BCUT2D eigenvalue weighted by Crippen LogP contribution is -2.20. The van der Waals surface area contributed by atoms with Crippen LogP contribution in [0.2, 0.25) is 0 Å². The molecular formula is C21H18N2O4. The van der Waals surface area contributed by atoms with Crippen molar-refractivity contribution in [3.63, 3.8) is 0 Å². The van der Waals surface area contributed by atoms with Gasteiger partial charge in [0.2, 0.25) is 0 Å². The summed E-state index contributed by atoms with van der Waals surface area (Å²) in [5, 5.41) is 16.0. The molecule has 0 saturated carbocycles. The molecule has 0 fully saturated rings. The highest BCUT2D eigenvalue weighted by molar-refractivity contribution is 6.03. The molecule has 0 aliphatic carbocycles. The van der Waals surface area contributed by atoms with E-state index in [1.807, 2.05) is 42.5 Å². The van der Waals surface area contributed by atoms with Gasteiger partial charge in [-0.25, -0.2) is 5.43 Å². The van der Waals surface area contributed by atoms with Crippen LogP contribution in [0, 0.1) is 0 Å². The van der Waals surface area contributed by atoms with E-state index in [0.717, 1.165) is 16.3 Å². The number of amides is 1. The van der Waals surface area contributed by atoms with Crippen LogP contribution in [0.25, 0.3) is 10.8 Å². The molecule has 3 aromatic carbocycles. The maximum Gasteiger partial charge on any atom is 0.275 e. The summed E-state index contributed by atoms with van der Waals surface area (Å²) >= 11 is 0. The Morgan fingerprint density at radius 3 is 2.48 bits per heavy atom. The first-order valence-corrected chi connectivity index (χ1v) is 8.58. The van der Waals surface area contributed by atoms with E-state index in [1.165, 1.54) is 0 Å². The fourth-order valence-electron chi connectivity index (χ4n) is 2.94. The molecule has 1 aliphatic heterocycles. The summed E-state index contributed by atoms with van der Waals surface area (Å²) in [6, 6.07) is 16.2. The molecule has 0 unspecified atom stereocenters. The minimum Gasteiger partial charge on any atom is -0.507 e. The molecule has 0 atom stereocenters. The van der Waals surface area contributed by atoms with Gasteiger partial charge in [0.05, 0.1) is 11.3 Å². The van der Waals surface area contributed by atoms with E-state index < -0.39 is 5.91 Å². The lowest BCUT2D eigenvalue weighted by molar-refractivity contribution is 0.0952. The SMILES string of the molecule is C/C(=N\NC(=O)c1cc2ccccc2cc1O)c1ccc2c(c1)OCCO2. The zero-order chi connectivity index (χ0) is 18.8. The average molecular weight is 362 g/mol. The number of hydrogen-bond donors (Lipinski definition) is 2. The summed E-state index contributed by atoms with van der Waals surface area (Å²) in [7, 11) is 0. The molecule has 1 amide bonds. The highest BCUT2D eigenvalue weighted by Crippen LogP contribution is 2.31. The highest BCUT2D eigenvalue weighted by atomic mass is 16.6. The molecule has 0 spiro atoms. The van der Waals surface area contributed by atoms with Crippen molar-refractivity contribution in [2.45, 2.75) is 6.92 Å². The standard InChI is InChI=1S/C21H18N2O4/c1-13(14-6-7-19-20(12-14)27-9-8-26-19)22-23-21(25)17-10-15-4-2-3-5-16(15)11-18(17)24/h2-7,10-12,24H,8-9H2,1H3,(H,23,25)/b22-13+. The van der Waals surface area contributed by atoms with Crippen LogP contribution in [0.5, 0.6) is 17.2 Å². The topological polar surface area (TPSA) is 80.2 Å². The first-order chi connectivity index (χ1) is 13.1. The van der Waals surface area contributed by atoms with Crippen molar-refractivity contribution in [1.29, 1.82) is 0 Å². The number of carbonyl (C=O) groups excluding carboxylic acids is 1. The van der Waals surface area contributed by atoms with Gasteiger partial charge in [-0.05, 0) is 48.0 Å². The van der Waals surface area contributed by atoms with Gasteiger partial charge in [0.25, 0.3) is 5.91 Å². The Balaban J connectivity index is 1.55. The van der Waals surface area contributed by atoms with Crippen LogP contribution >= 0.6 is 0 Å². The van der Waals surface area contributed by atoms with Crippen molar-refractivity contribution in [2.75, 3.05) is 13.2 Å². The van der Waals surface area contributed by atoms with Gasteiger partial charge in [0.15, 0.2) is 11.5 Å². The molecular weight excluding hydrogens is 344 g/mol. The van der Waals surface area contributed by atoms with Crippen LogP contribution in [-0.2, 0) is 0 Å². The number of nitrogens with zero attached hydrogens (tertiary/aromatic N) is 1. The van der Waals surface area contributed by atoms with Crippen molar-refractivity contribution < 1.29 is 19.4 Å². The lowest BCUT2D eigenvalue weighted by Gasteiger charge is -2.18. The van der Waals surface area contributed by atoms with Gasteiger partial charge in [-0.15, -0.1) is 0 Å². The molecule has 0 aromatic heterocycles. The first kappa shape index (κ1) is 16.9. The Kier molecular flexibility index (Phi) is 4.38. The third kappa shape index (κ3) is 3.42. The summed E-state index contributed by atoms with van der Waals surface area (Å²) in [5.74, 6) is 0.795. The van der Waals surface area contributed by atoms with Gasteiger partial charge in [-0.2, -0.15) is 5.10 Å². The predicted octanol–water partition coefficient (Wildman–Crippen LogP) is 3.47. The van der Waals surface area contributed by atoms with Crippen LogP contribution < -0.4 is 14.9 Å². The number of ether oxygens (including phenoxy) is 2. The number of hydrazone groups is 1. The van der Waals surface area contributed by atoms with Gasteiger partial charge in [-0.3, -0.25) is 4.79 Å². The second kappa shape index (κ2) is 6.99. The van der Waals surface area contributed by atoms with E-state index in [9.17, 15) is 9.90 Å². The van der Waals surface area contributed by atoms with Crippen molar-refractivity contribution in [3.05, 3.63) is 65.7 Å². The van der Waals surface area contributed by atoms with E-state index >= 15 is 0 Å². The van der Waals surface area contributed by atoms with E-state index in [-0.39, 0.29) is 11.3 Å². The van der Waals surface area contributed by atoms with Crippen molar-refractivity contribution >= 4 is 22.4 Å². The Hall–Kier alpha value is -3.54.